The minimum absolute atomic E-state index is 0.140. The van der Waals surface area contributed by atoms with Gasteiger partial charge in [0.1, 0.15) is 0 Å². The average Bonchev–Trinajstić information content (AvgIpc) is 3.35. The molecule has 0 aliphatic carbocycles. The molecule has 3 rings (SSSR count). The molecule has 0 saturated carbocycles. The summed E-state index contributed by atoms with van der Waals surface area (Å²) in [5.41, 5.74) is 3.73. The van der Waals surface area contributed by atoms with Crippen LogP contribution < -0.4 is 5.32 Å². The van der Waals surface area contributed by atoms with E-state index < -0.39 is 0 Å². The first-order valence-electron chi connectivity index (χ1n) is 8.90. The van der Waals surface area contributed by atoms with E-state index in [9.17, 15) is 4.79 Å². The third-order valence-electron chi connectivity index (χ3n) is 4.55. The van der Waals surface area contributed by atoms with Crippen molar-refractivity contribution in [1.29, 1.82) is 0 Å². The number of rotatable bonds is 6. The van der Waals surface area contributed by atoms with Crippen LogP contribution in [0.4, 0.5) is 4.79 Å². The van der Waals surface area contributed by atoms with Crippen LogP contribution in [0.5, 0.6) is 0 Å². The lowest BCUT2D eigenvalue weighted by atomic mass is 10.1. The number of H-pyrrole nitrogens is 1. The Morgan fingerprint density at radius 1 is 1.26 bits per heavy atom. The Bertz CT molecular complexity index is 889. The van der Waals surface area contributed by atoms with E-state index in [0.29, 0.717) is 6.54 Å². The van der Waals surface area contributed by atoms with E-state index >= 15 is 0 Å². The molecule has 0 fully saturated rings. The molecule has 0 unspecified atom stereocenters. The zero-order chi connectivity index (χ0) is 19.4. The smallest absolute Gasteiger partial charge is 0.317 e. The van der Waals surface area contributed by atoms with Crippen molar-refractivity contribution in [1.82, 2.24) is 30.0 Å². The van der Waals surface area contributed by atoms with Crippen LogP contribution >= 0.6 is 11.5 Å². The molecule has 1 aromatic carbocycles. The Labute approximate surface area is 163 Å². The highest BCUT2D eigenvalue weighted by Gasteiger charge is 2.20. The summed E-state index contributed by atoms with van der Waals surface area (Å²) in [7, 11) is 1.78. The van der Waals surface area contributed by atoms with Gasteiger partial charge in [-0.3, -0.25) is 5.10 Å². The summed E-state index contributed by atoms with van der Waals surface area (Å²) < 4.78 is 3.99. The Kier molecular flexibility index (Phi) is 5.85. The third kappa shape index (κ3) is 4.33. The van der Waals surface area contributed by atoms with Crippen molar-refractivity contribution >= 4 is 17.6 Å². The molecule has 2 N–H and O–H groups in total. The molecule has 0 saturated heterocycles. The topological polar surface area (TPSA) is 86.8 Å². The molecule has 8 heteroatoms. The van der Waals surface area contributed by atoms with Crippen LogP contribution in [0.3, 0.4) is 0 Å². The lowest BCUT2D eigenvalue weighted by molar-refractivity contribution is 0.193. The molecule has 0 aliphatic heterocycles. The summed E-state index contributed by atoms with van der Waals surface area (Å²) >= 11 is 1.33. The predicted octanol–water partition coefficient (Wildman–Crippen LogP) is 3.95. The molecule has 0 aliphatic rings. The minimum Gasteiger partial charge on any atom is -0.333 e. The van der Waals surface area contributed by atoms with Crippen molar-refractivity contribution in [3.05, 3.63) is 52.7 Å². The van der Waals surface area contributed by atoms with Gasteiger partial charge in [-0.2, -0.15) is 5.10 Å². The number of nitrogens with one attached hydrogen (secondary N) is 2. The lowest BCUT2D eigenvalue weighted by Crippen LogP contribution is -2.38. The molecule has 2 aromatic heterocycles. The normalized spacial score (nSPS) is 12.2. The molecule has 7 nitrogen and oxygen atoms in total. The lowest BCUT2D eigenvalue weighted by Gasteiger charge is -2.24. The van der Waals surface area contributed by atoms with Crippen molar-refractivity contribution < 1.29 is 4.79 Å². The van der Waals surface area contributed by atoms with Gasteiger partial charge in [-0.05, 0) is 30.4 Å². The Morgan fingerprint density at radius 3 is 2.70 bits per heavy atom. The van der Waals surface area contributed by atoms with Gasteiger partial charge in [0.05, 0.1) is 34.5 Å². The van der Waals surface area contributed by atoms with Gasteiger partial charge in [0.2, 0.25) is 0 Å². The van der Waals surface area contributed by atoms with Gasteiger partial charge in [0.25, 0.3) is 0 Å². The van der Waals surface area contributed by atoms with E-state index in [2.05, 4.69) is 38.9 Å². The predicted molar refractivity (Wildman–Crippen MR) is 106 cm³/mol. The van der Waals surface area contributed by atoms with Gasteiger partial charge in [-0.15, -0.1) is 5.10 Å². The number of carbonyl (C=O) groups excluding carboxylic acids is 1. The highest BCUT2D eigenvalue weighted by atomic mass is 32.1. The SMILES string of the molecule is CC(C)c1nnsc1CNC(=O)N(C)[C@@H](C)c1cc(-c2ccccc2)n[nH]1. The van der Waals surface area contributed by atoms with Gasteiger partial charge >= 0.3 is 6.03 Å². The minimum atomic E-state index is -0.151. The van der Waals surface area contributed by atoms with E-state index in [0.717, 1.165) is 27.5 Å². The van der Waals surface area contributed by atoms with Crippen LogP contribution in [-0.4, -0.2) is 37.8 Å². The number of hydrogen-bond acceptors (Lipinski definition) is 5. The first kappa shape index (κ1) is 19.0. The summed E-state index contributed by atoms with van der Waals surface area (Å²) in [5.74, 6) is 0.286. The summed E-state index contributed by atoms with van der Waals surface area (Å²) in [6.07, 6.45) is 0. The number of urea groups is 1. The van der Waals surface area contributed by atoms with Gasteiger partial charge in [0, 0.05) is 12.6 Å². The molecule has 0 spiro atoms. The van der Waals surface area contributed by atoms with Crippen LogP contribution in [0.1, 0.15) is 49.0 Å². The number of hydrogen-bond donors (Lipinski definition) is 2. The summed E-state index contributed by atoms with van der Waals surface area (Å²) in [5, 5.41) is 14.5. The second kappa shape index (κ2) is 8.30. The van der Waals surface area contributed by atoms with E-state index in [1.54, 1.807) is 11.9 Å². The number of aromatic nitrogens is 4. The number of amides is 2. The van der Waals surface area contributed by atoms with Crippen molar-refractivity contribution in [2.45, 2.75) is 39.3 Å². The van der Waals surface area contributed by atoms with E-state index in [1.807, 2.05) is 43.3 Å². The van der Waals surface area contributed by atoms with Crippen LogP contribution in [0.2, 0.25) is 0 Å². The first-order valence-corrected chi connectivity index (χ1v) is 9.67. The Hall–Kier alpha value is -2.74. The molecule has 1 atom stereocenters. The number of nitrogens with zero attached hydrogens (tertiary/aromatic N) is 4. The van der Waals surface area contributed by atoms with E-state index in [1.165, 1.54) is 11.5 Å². The van der Waals surface area contributed by atoms with Crippen molar-refractivity contribution in [3.63, 3.8) is 0 Å². The second-order valence-corrected chi connectivity index (χ2v) is 7.59. The van der Waals surface area contributed by atoms with Crippen LogP contribution in [0.25, 0.3) is 11.3 Å². The first-order chi connectivity index (χ1) is 13.0. The Balaban J connectivity index is 1.63. The molecule has 2 amide bonds. The molecule has 142 valence electrons. The summed E-state index contributed by atoms with van der Waals surface area (Å²) in [6.45, 7) is 6.53. The quantitative estimate of drug-likeness (QED) is 0.673. The number of aromatic amines is 1. The van der Waals surface area contributed by atoms with Crippen LogP contribution in [0.15, 0.2) is 36.4 Å². The average molecular weight is 385 g/mol. The van der Waals surface area contributed by atoms with Crippen molar-refractivity contribution in [2.24, 2.45) is 0 Å². The van der Waals surface area contributed by atoms with Gasteiger partial charge in [-0.25, -0.2) is 4.79 Å². The van der Waals surface area contributed by atoms with Crippen LogP contribution in [-0.2, 0) is 6.54 Å². The van der Waals surface area contributed by atoms with Gasteiger partial charge in [0.15, 0.2) is 0 Å². The third-order valence-corrected chi connectivity index (χ3v) is 5.29. The maximum atomic E-state index is 12.6. The fraction of sp³-hybridized carbons (Fsp3) is 0.368. The maximum Gasteiger partial charge on any atom is 0.317 e. The molecular weight excluding hydrogens is 360 g/mol. The van der Waals surface area contributed by atoms with Crippen LogP contribution in [0, 0.1) is 0 Å². The molecule has 0 radical (unpaired) electrons. The van der Waals surface area contributed by atoms with E-state index in [4.69, 9.17) is 0 Å². The number of benzene rings is 1. The van der Waals surface area contributed by atoms with E-state index in [-0.39, 0.29) is 18.0 Å². The standard InChI is InChI=1S/C19H24N6OS/c1-12(2)18-17(27-24-23-18)11-20-19(26)25(4)13(3)15-10-16(22-21-15)14-8-6-5-7-9-14/h5-10,12-13H,11H2,1-4H3,(H,20,26)(H,21,22)/t13-/m0/s1. The molecule has 3 aromatic rings. The van der Waals surface area contributed by atoms with Crippen molar-refractivity contribution in [2.75, 3.05) is 7.05 Å². The van der Waals surface area contributed by atoms with Crippen molar-refractivity contribution in [3.8, 4) is 11.3 Å². The largest absolute Gasteiger partial charge is 0.333 e. The van der Waals surface area contributed by atoms with Gasteiger partial charge < -0.3 is 10.2 Å². The number of carbonyl (C=O) groups is 1. The Morgan fingerprint density at radius 2 is 2.00 bits per heavy atom. The second-order valence-electron chi connectivity index (χ2n) is 6.76. The summed E-state index contributed by atoms with van der Waals surface area (Å²) in [6, 6.07) is 11.6. The fourth-order valence-electron chi connectivity index (χ4n) is 2.75. The van der Waals surface area contributed by atoms with Gasteiger partial charge in [-0.1, -0.05) is 48.7 Å². The molecule has 2 heterocycles. The monoisotopic (exact) mass is 384 g/mol. The maximum absolute atomic E-state index is 12.6. The fourth-order valence-corrected chi connectivity index (χ4v) is 3.48. The highest BCUT2D eigenvalue weighted by molar-refractivity contribution is 7.05. The zero-order valence-corrected chi connectivity index (χ0v) is 16.7. The molecular formula is C19H24N6OS. The molecule has 27 heavy (non-hydrogen) atoms. The molecule has 0 bridgehead atoms. The zero-order valence-electron chi connectivity index (χ0n) is 15.9. The highest BCUT2D eigenvalue weighted by Crippen LogP contribution is 2.23. The summed E-state index contributed by atoms with van der Waals surface area (Å²) in [4.78, 5) is 15.2.